The number of hydrogen-bond acceptors (Lipinski definition) is 3. The zero-order valence-corrected chi connectivity index (χ0v) is 12.7. The van der Waals surface area contributed by atoms with E-state index >= 15 is 0 Å². The number of nitrogens with one attached hydrogen (secondary N) is 2. The highest BCUT2D eigenvalue weighted by Crippen LogP contribution is 2.37. The first-order valence-corrected chi connectivity index (χ1v) is 7.92. The first kappa shape index (κ1) is 15.6. The highest BCUT2D eigenvalue weighted by Gasteiger charge is 2.29. The van der Waals surface area contributed by atoms with Gasteiger partial charge in [-0.25, -0.2) is 0 Å². The Morgan fingerprint density at radius 1 is 1.39 bits per heavy atom. The summed E-state index contributed by atoms with van der Waals surface area (Å²) in [6.45, 7) is 10.5. The standard InChI is InChI=1S/C13H27N3OS/c1-4-14-12(15-8-9-17-5-2)16-11-13(3)7-6-10-18-13/h4-11H2,1-3H3,(H2,14,15,16). The minimum absolute atomic E-state index is 0.336. The van der Waals surface area contributed by atoms with E-state index in [0.717, 1.165) is 38.8 Å². The van der Waals surface area contributed by atoms with Crippen LogP contribution in [0.15, 0.2) is 4.99 Å². The van der Waals surface area contributed by atoms with Crippen LogP contribution in [0, 0.1) is 0 Å². The lowest BCUT2D eigenvalue weighted by Gasteiger charge is -2.21. The zero-order valence-electron chi connectivity index (χ0n) is 11.9. The van der Waals surface area contributed by atoms with Crippen LogP contribution in [0.4, 0.5) is 0 Å². The van der Waals surface area contributed by atoms with E-state index in [9.17, 15) is 0 Å². The Morgan fingerprint density at radius 2 is 2.22 bits per heavy atom. The Bertz CT molecular complexity index is 253. The average Bonchev–Trinajstić information content (AvgIpc) is 2.79. The van der Waals surface area contributed by atoms with Gasteiger partial charge in [-0.3, -0.25) is 4.99 Å². The molecule has 1 aliphatic heterocycles. The second-order valence-electron chi connectivity index (χ2n) is 4.72. The van der Waals surface area contributed by atoms with Crippen molar-refractivity contribution < 1.29 is 4.74 Å². The van der Waals surface area contributed by atoms with Gasteiger partial charge in [-0.15, -0.1) is 0 Å². The molecule has 0 bridgehead atoms. The lowest BCUT2D eigenvalue weighted by molar-refractivity contribution is 0.152. The fourth-order valence-electron chi connectivity index (χ4n) is 1.94. The number of nitrogens with zero attached hydrogens (tertiary/aromatic N) is 1. The summed E-state index contributed by atoms with van der Waals surface area (Å²) in [5.74, 6) is 2.19. The SMILES string of the molecule is CCNC(=NCC1(C)CCCS1)NCCOCC. The molecule has 5 heteroatoms. The van der Waals surface area contributed by atoms with Gasteiger partial charge in [0.05, 0.1) is 13.2 Å². The van der Waals surface area contributed by atoms with Gasteiger partial charge in [0.1, 0.15) is 0 Å². The summed E-state index contributed by atoms with van der Waals surface area (Å²) in [4.78, 5) is 4.68. The number of guanidine groups is 1. The van der Waals surface area contributed by atoms with E-state index in [2.05, 4.69) is 29.5 Å². The van der Waals surface area contributed by atoms with Crippen molar-refractivity contribution in [3.63, 3.8) is 0 Å². The van der Waals surface area contributed by atoms with E-state index in [4.69, 9.17) is 4.74 Å². The summed E-state index contributed by atoms with van der Waals surface area (Å²) < 4.78 is 5.65. The molecule has 1 rings (SSSR count). The van der Waals surface area contributed by atoms with E-state index in [1.165, 1.54) is 18.6 Å². The maximum atomic E-state index is 5.31. The van der Waals surface area contributed by atoms with Gasteiger partial charge in [0.15, 0.2) is 5.96 Å². The maximum Gasteiger partial charge on any atom is 0.191 e. The molecule has 0 aromatic rings. The minimum Gasteiger partial charge on any atom is -0.380 e. The summed E-state index contributed by atoms with van der Waals surface area (Å²) in [6.07, 6.45) is 2.60. The molecule has 0 saturated carbocycles. The number of rotatable bonds is 7. The van der Waals surface area contributed by atoms with Crippen molar-refractivity contribution in [2.75, 3.05) is 38.6 Å². The van der Waals surface area contributed by atoms with Gasteiger partial charge < -0.3 is 15.4 Å². The van der Waals surface area contributed by atoms with E-state index in [0.29, 0.717) is 4.75 Å². The molecular formula is C13H27N3OS. The minimum atomic E-state index is 0.336. The second-order valence-corrected chi connectivity index (χ2v) is 6.40. The van der Waals surface area contributed by atoms with E-state index in [1.807, 2.05) is 18.7 Å². The van der Waals surface area contributed by atoms with Gasteiger partial charge >= 0.3 is 0 Å². The van der Waals surface area contributed by atoms with Crippen LogP contribution in [0.1, 0.15) is 33.6 Å². The molecule has 0 spiro atoms. The smallest absolute Gasteiger partial charge is 0.191 e. The van der Waals surface area contributed by atoms with Crippen molar-refractivity contribution in [1.29, 1.82) is 0 Å². The lowest BCUT2D eigenvalue weighted by atomic mass is 10.1. The molecule has 0 radical (unpaired) electrons. The summed E-state index contributed by atoms with van der Waals surface area (Å²) in [6, 6.07) is 0. The monoisotopic (exact) mass is 273 g/mol. The summed E-state index contributed by atoms with van der Waals surface area (Å²) in [5.41, 5.74) is 0. The van der Waals surface area contributed by atoms with Crippen molar-refractivity contribution in [3.05, 3.63) is 0 Å². The van der Waals surface area contributed by atoms with Crippen molar-refractivity contribution in [3.8, 4) is 0 Å². The quantitative estimate of drug-likeness (QED) is 0.422. The molecule has 0 aromatic carbocycles. The molecule has 1 atom stereocenters. The molecule has 106 valence electrons. The van der Waals surface area contributed by atoms with Gasteiger partial charge in [0, 0.05) is 24.4 Å². The van der Waals surface area contributed by atoms with Gasteiger partial charge in [-0.2, -0.15) is 11.8 Å². The number of hydrogen-bond donors (Lipinski definition) is 2. The predicted octanol–water partition coefficient (Wildman–Crippen LogP) is 1.86. The number of aliphatic imine (C=N–C) groups is 1. The first-order chi connectivity index (χ1) is 8.70. The van der Waals surface area contributed by atoms with Crippen LogP contribution >= 0.6 is 11.8 Å². The Morgan fingerprint density at radius 3 is 2.83 bits per heavy atom. The van der Waals surface area contributed by atoms with Crippen molar-refractivity contribution in [2.24, 2.45) is 4.99 Å². The second kappa shape index (κ2) is 8.64. The molecular weight excluding hydrogens is 246 g/mol. The van der Waals surface area contributed by atoms with Crippen LogP contribution in [-0.2, 0) is 4.74 Å². The molecule has 1 saturated heterocycles. The molecule has 1 heterocycles. The Labute approximate surface area is 115 Å². The Hall–Kier alpha value is -0.420. The van der Waals surface area contributed by atoms with Gasteiger partial charge in [0.2, 0.25) is 0 Å². The molecule has 0 aliphatic carbocycles. The summed E-state index contributed by atoms with van der Waals surface area (Å²) >= 11 is 2.05. The highest BCUT2D eigenvalue weighted by molar-refractivity contribution is 8.00. The third kappa shape index (κ3) is 5.96. The molecule has 1 aliphatic rings. The van der Waals surface area contributed by atoms with Crippen LogP contribution in [0.3, 0.4) is 0 Å². The summed E-state index contributed by atoms with van der Waals surface area (Å²) in [7, 11) is 0. The third-order valence-electron chi connectivity index (χ3n) is 2.96. The van der Waals surface area contributed by atoms with E-state index in [1.54, 1.807) is 0 Å². The topological polar surface area (TPSA) is 45.7 Å². The Balaban J connectivity index is 2.34. The van der Waals surface area contributed by atoms with E-state index in [-0.39, 0.29) is 0 Å². The largest absolute Gasteiger partial charge is 0.380 e. The number of thioether (sulfide) groups is 1. The first-order valence-electron chi connectivity index (χ1n) is 6.94. The molecule has 4 nitrogen and oxygen atoms in total. The number of ether oxygens (including phenoxy) is 1. The fourth-order valence-corrected chi connectivity index (χ4v) is 3.16. The average molecular weight is 273 g/mol. The fraction of sp³-hybridized carbons (Fsp3) is 0.923. The van der Waals surface area contributed by atoms with Crippen LogP contribution in [0.2, 0.25) is 0 Å². The molecule has 2 N–H and O–H groups in total. The normalized spacial score (nSPS) is 24.3. The zero-order chi connectivity index (χ0) is 13.3. The maximum absolute atomic E-state index is 5.31. The van der Waals surface area contributed by atoms with Gasteiger partial charge in [0.25, 0.3) is 0 Å². The van der Waals surface area contributed by atoms with Gasteiger partial charge in [-0.05, 0) is 39.4 Å². The molecule has 0 aromatic heterocycles. The molecule has 0 amide bonds. The van der Waals surface area contributed by atoms with Crippen molar-refractivity contribution in [1.82, 2.24) is 10.6 Å². The van der Waals surface area contributed by atoms with Crippen LogP contribution in [0.25, 0.3) is 0 Å². The van der Waals surface area contributed by atoms with E-state index < -0.39 is 0 Å². The van der Waals surface area contributed by atoms with Gasteiger partial charge in [-0.1, -0.05) is 0 Å². The van der Waals surface area contributed by atoms with Crippen LogP contribution < -0.4 is 10.6 Å². The predicted molar refractivity (Wildman–Crippen MR) is 80.6 cm³/mol. The molecule has 1 fully saturated rings. The van der Waals surface area contributed by atoms with Crippen LogP contribution in [0.5, 0.6) is 0 Å². The lowest BCUT2D eigenvalue weighted by Crippen LogP contribution is -2.40. The van der Waals surface area contributed by atoms with Crippen LogP contribution in [-0.4, -0.2) is 49.3 Å². The Kier molecular flexibility index (Phi) is 7.51. The van der Waals surface area contributed by atoms with Crippen molar-refractivity contribution >= 4 is 17.7 Å². The van der Waals surface area contributed by atoms with Crippen molar-refractivity contribution in [2.45, 2.75) is 38.4 Å². The third-order valence-corrected chi connectivity index (χ3v) is 4.48. The molecule has 18 heavy (non-hydrogen) atoms. The highest BCUT2D eigenvalue weighted by atomic mass is 32.2. The summed E-state index contributed by atoms with van der Waals surface area (Å²) in [5, 5.41) is 6.58. The molecule has 1 unspecified atom stereocenters.